The molecule has 0 aliphatic heterocycles. The summed E-state index contributed by atoms with van der Waals surface area (Å²) in [5, 5.41) is 8.52. The SMILES string of the molecule is C#CCOc1ccc(C(=O)O)c(F)c1. The minimum atomic E-state index is -1.31. The van der Waals surface area contributed by atoms with Crippen molar-refractivity contribution < 1.29 is 19.0 Å². The van der Waals surface area contributed by atoms with Crippen LogP contribution in [0.15, 0.2) is 18.2 Å². The van der Waals surface area contributed by atoms with E-state index in [0.717, 1.165) is 12.1 Å². The van der Waals surface area contributed by atoms with Crippen molar-refractivity contribution in [2.45, 2.75) is 0 Å². The smallest absolute Gasteiger partial charge is 0.338 e. The van der Waals surface area contributed by atoms with Crippen LogP contribution >= 0.6 is 0 Å². The molecule has 1 aromatic rings. The van der Waals surface area contributed by atoms with Gasteiger partial charge in [-0.3, -0.25) is 0 Å². The molecular formula is C10H7FO3. The lowest BCUT2D eigenvalue weighted by Crippen LogP contribution is -2.01. The molecule has 0 saturated heterocycles. The van der Waals surface area contributed by atoms with Crippen LogP contribution in [-0.4, -0.2) is 17.7 Å². The lowest BCUT2D eigenvalue weighted by atomic mass is 10.2. The molecule has 0 aliphatic rings. The van der Waals surface area contributed by atoms with Crippen LogP contribution in [-0.2, 0) is 0 Å². The van der Waals surface area contributed by atoms with E-state index in [1.807, 2.05) is 0 Å². The van der Waals surface area contributed by atoms with Crippen LogP contribution < -0.4 is 4.74 Å². The molecule has 0 radical (unpaired) electrons. The van der Waals surface area contributed by atoms with Gasteiger partial charge in [-0.1, -0.05) is 5.92 Å². The van der Waals surface area contributed by atoms with E-state index in [0.29, 0.717) is 0 Å². The molecule has 0 saturated carbocycles. The van der Waals surface area contributed by atoms with Crippen molar-refractivity contribution in [1.29, 1.82) is 0 Å². The third kappa shape index (κ3) is 2.23. The molecule has 4 heteroatoms. The minimum absolute atomic E-state index is 0.0197. The fraction of sp³-hybridized carbons (Fsp3) is 0.100. The van der Waals surface area contributed by atoms with E-state index >= 15 is 0 Å². The number of hydrogen-bond donors (Lipinski definition) is 1. The van der Waals surface area contributed by atoms with Crippen LogP contribution in [0.4, 0.5) is 4.39 Å². The van der Waals surface area contributed by atoms with Crippen LogP contribution in [0.3, 0.4) is 0 Å². The lowest BCUT2D eigenvalue weighted by Gasteiger charge is -2.03. The van der Waals surface area contributed by atoms with Gasteiger partial charge in [-0.2, -0.15) is 0 Å². The van der Waals surface area contributed by atoms with Gasteiger partial charge in [0.25, 0.3) is 0 Å². The summed E-state index contributed by atoms with van der Waals surface area (Å²) in [6.45, 7) is 0.0197. The topological polar surface area (TPSA) is 46.5 Å². The Morgan fingerprint density at radius 3 is 2.86 bits per heavy atom. The molecule has 0 amide bonds. The number of rotatable bonds is 3. The fourth-order valence-corrected chi connectivity index (χ4v) is 0.884. The number of carbonyl (C=O) groups is 1. The molecule has 0 unspecified atom stereocenters. The molecule has 0 bridgehead atoms. The molecule has 14 heavy (non-hydrogen) atoms. The Morgan fingerprint density at radius 2 is 2.36 bits per heavy atom. The van der Waals surface area contributed by atoms with Crippen molar-refractivity contribution in [1.82, 2.24) is 0 Å². The maximum absolute atomic E-state index is 13.0. The van der Waals surface area contributed by atoms with Crippen LogP contribution in [0.5, 0.6) is 5.75 Å². The van der Waals surface area contributed by atoms with Gasteiger partial charge in [0, 0.05) is 6.07 Å². The normalized spacial score (nSPS) is 9.14. The first-order valence-electron chi connectivity index (χ1n) is 3.74. The maximum atomic E-state index is 13.0. The summed E-state index contributed by atoms with van der Waals surface area (Å²) in [7, 11) is 0. The second-order valence-corrected chi connectivity index (χ2v) is 2.44. The Kier molecular flexibility index (Phi) is 3.08. The Hall–Kier alpha value is -2.02. The molecule has 1 N–H and O–H groups in total. The van der Waals surface area contributed by atoms with Crippen molar-refractivity contribution in [3.05, 3.63) is 29.6 Å². The summed E-state index contributed by atoms with van der Waals surface area (Å²) >= 11 is 0. The first-order valence-corrected chi connectivity index (χ1v) is 3.74. The maximum Gasteiger partial charge on any atom is 0.338 e. The zero-order valence-electron chi connectivity index (χ0n) is 7.16. The summed E-state index contributed by atoms with van der Waals surface area (Å²) in [5.74, 6) is 0.271. The number of hydrogen-bond acceptors (Lipinski definition) is 2. The largest absolute Gasteiger partial charge is 0.481 e. The third-order valence-electron chi connectivity index (χ3n) is 1.49. The quantitative estimate of drug-likeness (QED) is 0.742. The average Bonchev–Trinajstić information content (AvgIpc) is 2.14. The van der Waals surface area contributed by atoms with Gasteiger partial charge >= 0.3 is 5.97 Å². The first kappa shape index (κ1) is 10.1. The number of carboxylic acids is 1. The number of ether oxygens (including phenoxy) is 1. The summed E-state index contributed by atoms with van der Waals surface area (Å²) in [6.07, 6.45) is 4.93. The highest BCUT2D eigenvalue weighted by molar-refractivity contribution is 5.88. The van der Waals surface area contributed by atoms with Crippen molar-refractivity contribution >= 4 is 5.97 Å². The number of benzene rings is 1. The summed E-state index contributed by atoms with van der Waals surface area (Å²) in [6, 6.07) is 3.47. The van der Waals surface area contributed by atoms with Crippen LogP contribution in [0.1, 0.15) is 10.4 Å². The second-order valence-electron chi connectivity index (χ2n) is 2.44. The Bertz CT molecular complexity index is 393. The van der Waals surface area contributed by atoms with Gasteiger partial charge < -0.3 is 9.84 Å². The highest BCUT2D eigenvalue weighted by Gasteiger charge is 2.10. The molecular weight excluding hydrogens is 187 g/mol. The van der Waals surface area contributed by atoms with Crippen molar-refractivity contribution in [2.24, 2.45) is 0 Å². The van der Waals surface area contributed by atoms with Crippen LogP contribution in [0.25, 0.3) is 0 Å². The molecule has 0 fully saturated rings. The standard InChI is InChI=1S/C10H7FO3/c1-2-5-14-7-3-4-8(10(12)13)9(11)6-7/h1,3-4,6H,5H2,(H,12,13). The molecule has 0 heterocycles. The summed E-state index contributed by atoms with van der Waals surface area (Å²) in [4.78, 5) is 10.4. The molecule has 72 valence electrons. The molecule has 1 aromatic carbocycles. The fourth-order valence-electron chi connectivity index (χ4n) is 0.884. The number of terminal acetylenes is 1. The lowest BCUT2D eigenvalue weighted by molar-refractivity contribution is 0.0692. The van der Waals surface area contributed by atoms with E-state index in [1.54, 1.807) is 0 Å². The van der Waals surface area contributed by atoms with Gasteiger partial charge in [-0.25, -0.2) is 9.18 Å². The Balaban J connectivity index is 2.90. The third-order valence-corrected chi connectivity index (χ3v) is 1.49. The van der Waals surface area contributed by atoms with Gasteiger partial charge in [-0.05, 0) is 12.1 Å². The number of halogens is 1. The molecule has 0 atom stereocenters. The van der Waals surface area contributed by atoms with Gasteiger partial charge in [0.15, 0.2) is 0 Å². The molecule has 3 nitrogen and oxygen atoms in total. The van der Waals surface area contributed by atoms with E-state index in [1.165, 1.54) is 6.07 Å². The zero-order valence-corrected chi connectivity index (χ0v) is 7.16. The van der Waals surface area contributed by atoms with Crippen LogP contribution in [0.2, 0.25) is 0 Å². The van der Waals surface area contributed by atoms with Crippen LogP contribution in [0, 0.1) is 18.2 Å². The number of carboxylic acid groups (broad SMARTS) is 1. The molecule has 0 aliphatic carbocycles. The zero-order chi connectivity index (χ0) is 10.6. The van der Waals surface area contributed by atoms with Crippen molar-refractivity contribution in [3.8, 4) is 18.1 Å². The predicted octanol–water partition coefficient (Wildman–Crippen LogP) is 1.54. The average molecular weight is 194 g/mol. The van der Waals surface area contributed by atoms with Crippen molar-refractivity contribution in [2.75, 3.05) is 6.61 Å². The first-order chi connectivity index (χ1) is 6.65. The molecule has 0 spiro atoms. The van der Waals surface area contributed by atoms with Gasteiger partial charge in [-0.15, -0.1) is 6.42 Å². The van der Waals surface area contributed by atoms with E-state index in [-0.39, 0.29) is 12.4 Å². The van der Waals surface area contributed by atoms with Gasteiger partial charge in [0.2, 0.25) is 0 Å². The van der Waals surface area contributed by atoms with E-state index in [2.05, 4.69) is 5.92 Å². The monoisotopic (exact) mass is 194 g/mol. The highest BCUT2D eigenvalue weighted by atomic mass is 19.1. The summed E-state index contributed by atoms with van der Waals surface area (Å²) < 4.78 is 17.9. The minimum Gasteiger partial charge on any atom is -0.481 e. The molecule has 0 aromatic heterocycles. The van der Waals surface area contributed by atoms with E-state index in [4.69, 9.17) is 16.3 Å². The highest BCUT2D eigenvalue weighted by Crippen LogP contribution is 2.16. The van der Waals surface area contributed by atoms with Gasteiger partial charge in [0.05, 0.1) is 5.56 Å². The Morgan fingerprint density at radius 1 is 1.64 bits per heavy atom. The Labute approximate surface area is 80.1 Å². The molecule has 1 rings (SSSR count). The van der Waals surface area contributed by atoms with E-state index < -0.39 is 17.3 Å². The van der Waals surface area contributed by atoms with E-state index in [9.17, 15) is 9.18 Å². The predicted molar refractivity (Wildman–Crippen MR) is 47.7 cm³/mol. The van der Waals surface area contributed by atoms with Crippen molar-refractivity contribution in [3.63, 3.8) is 0 Å². The second kappa shape index (κ2) is 4.28. The summed E-state index contributed by atoms with van der Waals surface area (Å²) in [5.41, 5.74) is -0.391. The number of aromatic carboxylic acids is 1. The van der Waals surface area contributed by atoms with Gasteiger partial charge in [0.1, 0.15) is 18.2 Å².